The number of esters is 1. The Morgan fingerprint density at radius 1 is 1.35 bits per heavy atom. The molecule has 0 aliphatic heterocycles. The van der Waals surface area contributed by atoms with Gasteiger partial charge in [-0.15, -0.1) is 0 Å². The SMILES string of the molecule is CC1CC(OC(=O)c2ccc([N+](=O)[O-])cc2)c2ncnc(Cl)c21. The predicted octanol–water partition coefficient (Wildman–Crippen LogP) is 3.44. The van der Waals surface area contributed by atoms with E-state index in [0.29, 0.717) is 17.3 Å². The van der Waals surface area contributed by atoms with Gasteiger partial charge in [0.05, 0.1) is 16.2 Å². The summed E-state index contributed by atoms with van der Waals surface area (Å²) in [5, 5.41) is 11.0. The fraction of sp³-hybridized carbons (Fsp3) is 0.267. The molecule has 0 saturated carbocycles. The molecule has 2 atom stereocenters. The van der Waals surface area contributed by atoms with E-state index in [1.807, 2.05) is 6.92 Å². The van der Waals surface area contributed by atoms with Crippen LogP contribution in [0.2, 0.25) is 5.15 Å². The summed E-state index contributed by atoms with van der Waals surface area (Å²) in [7, 11) is 0. The van der Waals surface area contributed by atoms with Crippen molar-refractivity contribution in [1.82, 2.24) is 9.97 Å². The molecule has 8 heteroatoms. The van der Waals surface area contributed by atoms with Crippen molar-refractivity contribution in [2.75, 3.05) is 0 Å². The van der Waals surface area contributed by atoms with Gasteiger partial charge in [-0.25, -0.2) is 14.8 Å². The fourth-order valence-electron chi connectivity index (χ4n) is 2.67. The van der Waals surface area contributed by atoms with E-state index < -0.39 is 17.0 Å². The van der Waals surface area contributed by atoms with Gasteiger partial charge in [0.1, 0.15) is 17.6 Å². The summed E-state index contributed by atoms with van der Waals surface area (Å²) in [5.41, 5.74) is 1.58. The molecule has 1 aromatic carbocycles. The van der Waals surface area contributed by atoms with Gasteiger partial charge in [-0.1, -0.05) is 18.5 Å². The summed E-state index contributed by atoms with van der Waals surface area (Å²) in [6, 6.07) is 5.27. The number of fused-ring (bicyclic) bond motifs is 1. The normalized spacial score (nSPS) is 19.2. The van der Waals surface area contributed by atoms with Crippen LogP contribution in [0.5, 0.6) is 0 Å². The number of carbonyl (C=O) groups excluding carboxylic acids is 1. The number of aromatic nitrogens is 2. The van der Waals surface area contributed by atoms with Crippen molar-refractivity contribution in [2.24, 2.45) is 0 Å². The summed E-state index contributed by atoms with van der Waals surface area (Å²) >= 11 is 6.08. The predicted molar refractivity (Wildman–Crippen MR) is 81.3 cm³/mol. The molecule has 118 valence electrons. The van der Waals surface area contributed by atoms with Gasteiger partial charge >= 0.3 is 5.97 Å². The van der Waals surface area contributed by atoms with Crippen molar-refractivity contribution in [3.8, 4) is 0 Å². The number of ether oxygens (including phenoxy) is 1. The number of nitro benzene ring substituents is 1. The Morgan fingerprint density at radius 2 is 2.04 bits per heavy atom. The minimum Gasteiger partial charge on any atom is -0.452 e. The summed E-state index contributed by atoms with van der Waals surface area (Å²) in [6.45, 7) is 1.97. The molecule has 0 spiro atoms. The molecule has 0 N–H and O–H groups in total. The monoisotopic (exact) mass is 333 g/mol. The van der Waals surface area contributed by atoms with Crippen LogP contribution >= 0.6 is 11.6 Å². The van der Waals surface area contributed by atoms with Crippen molar-refractivity contribution < 1.29 is 14.5 Å². The first kappa shape index (κ1) is 15.4. The van der Waals surface area contributed by atoms with Crippen LogP contribution in [-0.4, -0.2) is 20.9 Å². The molecule has 1 aliphatic rings. The zero-order chi connectivity index (χ0) is 16.6. The molecule has 1 aliphatic carbocycles. The number of nitro groups is 1. The lowest BCUT2D eigenvalue weighted by molar-refractivity contribution is -0.384. The number of benzene rings is 1. The van der Waals surface area contributed by atoms with E-state index in [2.05, 4.69) is 9.97 Å². The zero-order valence-corrected chi connectivity index (χ0v) is 12.9. The first-order valence-electron chi connectivity index (χ1n) is 6.93. The van der Waals surface area contributed by atoms with Crippen LogP contribution in [0.3, 0.4) is 0 Å². The van der Waals surface area contributed by atoms with Gasteiger partial charge in [0.2, 0.25) is 0 Å². The molecule has 0 amide bonds. The van der Waals surface area contributed by atoms with Gasteiger partial charge in [-0.05, 0) is 24.5 Å². The van der Waals surface area contributed by atoms with Crippen LogP contribution < -0.4 is 0 Å². The smallest absolute Gasteiger partial charge is 0.338 e. The highest BCUT2D eigenvalue weighted by Crippen LogP contribution is 2.43. The second-order valence-corrected chi connectivity index (χ2v) is 5.66. The van der Waals surface area contributed by atoms with Crippen molar-refractivity contribution in [3.63, 3.8) is 0 Å². The summed E-state index contributed by atoms with van der Waals surface area (Å²) in [5.74, 6) is -0.465. The molecule has 1 heterocycles. The van der Waals surface area contributed by atoms with E-state index in [0.717, 1.165) is 5.56 Å². The molecule has 0 saturated heterocycles. The van der Waals surface area contributed by atoms with Gasteiger partial charge in [0.15, 0.2) is 0 Å². The van der Waals surface area contributed by atoms with Crippen LogP contribution in [0.1, 0.15) is 47.0 Å². The maximum absolute atomic E-state index is 12.2. The third-order valence-corrected chi connectivity index (χ3v) is 4.10. The van der Waals surface area contributed by atoms with Gasteiger partial charge in [-0.2, -0.15) is 0 Å². The van der Waals surface area contributed by atoms with Crippen LogP contribution in [0.4, 0.5) is 5.69 Å². The highest BCUT2D eigenvalue weighted by Gasteiger charge is 2.35. The third kappa shape index (κ3) is 2.87. The zero-order valence-electron chi connectivity index (χ0n) is 12.1. The lowest BCUT2D eigenvalue weighted by Crippen LogP contribution is -2.11. The second-order valence-electron chi connectivity index (χ2n) is 5.30. The average Bonchev–Trinajstić information content (AvgIpc) is 2.84. The highest BCUT2D eigenvalue weighted by atomic mass is 35.5. The lowest BCUT2D eigenvalue weighted by atomic mass is 10.1. The van der Waals surface area contributed by atoms with Gasteiger partial charge in [0, 0.05) is 17.7 Å². The summed E-state index contributed by atoms with van der Waals surface area (Å²) < 4.78 is 5.49. The molecule has 23 heavy (non-hydrogen) atoms. The highest BCUT2D eigenvalue weighted by molar-refractivity contribution is 6.30. The van der Waals surface area contributed by atoms with Gasteiger partial charge in [0.25, 0.3) is 5.69 Å². The molecule has 0 radical (unpaired) electrons. The maximum Gasteiger partial charge on any atom is 0.338 e. The number of halogens is 1. The Kier molecular flexibility index (Phi) is 3.96. The Hall–Kier alpha value is -2.54. The molecule has 0 bridgehead atoms. The number of hydrogen-bond donors (Lipinski definition) is 0. The fourth-order valence-corrected chi connectivity index (χ4v) is 3.00. The lowest BCUT2D eigenvalue weighted by Gasteiger charge is -2.12. The van der Waals surface area contributed by atoms with Gasteiger partial charge < -0.3 is 4.74 Å². The van der Waals surface area contributed by atoms with Crippen molar-refractivity contribution in [1.29, 1.82) is 0 Å². The molecule has 0 fully saturated rings. The Labute approximate surface area is 136 Å². The van der Waals surface area contributed by atoms with E-state index in [1.54, 1.807) is 0 Å². The van der Waals surface area contributed by atoms with E-state index in [-0.39, 0.29) is 17.2 Å². The molecular formula is C15H12ClN3O4. The van der Waals surface area contributed by atoms with Crippen molar-refractivity contribution >= 4 is 23.3 Å². The van der Waals surface area contributed by atoms with E-state index in [9.17, 15) is 14.9 Å². The number of rotatable bonds is 3. The number of non-ortho nitro benzene ring substituents is 1. The Bertz CT molecular complexity index is 779. The van der Waals surface area contributed by atoms with E-state index in [1.165, 1.54) is 30.6 Å². The van der Waals surface area contributed by atoms with Crippen LogP contribution in [-0.2, 0) is 4.74 Å². The minimum absolute atomic E-state index is 0.0825. The van der Waals surface area contributed by atoms with Crippen molar-refractivity contribution in [3.05, 3.63) is 62.7 Å². The third-order valence-electron chi connectivity index (χ3n) is 3.79. The summed E-state index contributed by atoms with van der Waals surface area (Å²) in [6.07, 6.45) is 1.42. The van der Waals surface area contributed by atoms with E-state index in [4.69, 9.17) is 16.3 Å². The average molecular weight is 334 g/mol. The molecule has 7 nitrogen and oxygen atoms in total. The van der Waals surface area contributed by atoms with Crippen LogP contribution in [0.25, 0.3) is 0 Å². The first-order valence-corrected chi connectivity index (χ1v) is 7.31. The number of carbonyl (C=O) groups is 1. The quantitative estimate of drug-likeness (QED) is 0.369. The molecule has 2 unspecified atom stereocenters. The maximum atomic E-state index is 12.2. The molecule has 2 aromatic rings. The van der Waals surface area contributed by atoms with Gasteiger partial charge in [-0.3, -0.25) is 10.1 Å². The second kappa shape index (κ2) is 5.92. The Morgan fingerprint density at radius 3 is 2.70 bits per heavy atom. The number of hydrogen-bond acceptors (Lipinski definition) is 6. The largest absolute Gasteiger partial charge is 0.452 e. The topological polar surface area (TPSA) is 95.2 Å². The standard InChI is InChI=1S/C15H12ClN3O4/c1-8-6-11(13-12(8)14(16)18-7-17-13)23-15(20)9-2-4-10(5-3-9)19(21)22/h2-5,7-8,11H,6H2,1H3. The number of nitrogens with zero attached hydrogens (tertiary/aromatic N) is 3. The Balaban J connectivity index is 1.79. The first-order chi connectivity index (χ1) is 11.0. The van der Waals surface area contributed by atoms with Crippen LogP contribution in [0, 0.1) is 10.1 Å². The molecular weight excluding hydrogens is 322 g/mol. The minimum atomic E-state index is -0.556. The molecule has 1 aromatic heterocycles. The van der Waals surface area contributed by atoms with Crippen molar-refractivity contribution in [2.45, 2.75) is 25.4 Å². The van der Waals surface area contributed by atoms with E-state index >= 15 is 0 Å². The summed E-state index contributed by atoms with van der Waals surface area (Å²) in [4.78, 5) is 30.4. The molecule has 3 rings (SSSR count). The van der Waals surface area contributed by atoms with Crippen LogP contribution in [0.15, 0.2) is 30.6 Å².